The Balaban J connectivity index is 1.22. The third-order valence-corrected chi connectivity index (χ3v) is 6.56. The molecule has 0 saturated carbocycles. The van der Waals surface area contributed by atoms with Crippen molar-refractivity contribution in [2.24, 2.45) is 0 Å². The van der Waals surface area contributed by atoms with Crippen molar-refractivity contribution in [3.8, 4) is 5.75 Å². The fourth-order valence-corrected chi connectivity index (χ4v) is 4.44. The number of rotatable bonds is 7. The fourth-order valence-electron chi connectivity index (χ4n) is 4.44. The lowest BCUT2D eigenvalue weighted by molar-refractivity contribution is -0.124. The normalized spacial score (nSPS) is 18.6. The van der Waals surface area contributed by atoms with Crippen LogP contribution in [0.15, 0.2) is 41.3 Å². The van der Waals surface area contributed by atoms with Crippen LogP contribution in [0.1, 0.15) is 43.2 Å². The molecule has 184 valence electrons. The molecule has 3 aromatic rings. The molecule has 4 heterocycles. The quantitative estimate of drug-likeness (QED) is 0.265. The van der Waals surface area contributed by atoms with Gasteiger partial charge in [0.25, 0.3) is 11.5 Å². The van der Waals surface area contributed by atoms with Crippen molar-refractivity contribution < 1.29 is 19.5 Å². The minimum Gasteiger partial charge on any atom is -0.488 e. The van der Waals surface area contributed by atoms with Gasteiger partial charge in [-0.05, 0) is 43.5 Å². The fraction of sp³-hybridized carbons (Fsp3) is 0.417. The van der Waals surface area contributed by atoms with E-state index in [0.717, 1.165) is 24.2 Å². The van der Waals surface area contributed by atoms with E-state index in [4.69, 9.17) is 19.7 Å². The smallest absolute Gasteiger partial charge is 0.267 e. The summed E-state index contributed by atoms with van der Waals surface area (Å²) in [5.41, 5.74) is 2.82. The number of hydrogen-bond donors (Lipinski definition) is 3. The molecule has 3 N–H and O–H groups in total. The number of benzene rings is 1. The zero-order valence-electron chi connectivity index (χ0n) is 19.4. The number of carbonyl (C=O) groups excluding carboxylic acids is 1. The van der Waals surface area contributed by atoms with Gasteiger partial charge in [-0.3, -0.25) is 19.7 Å². The number of aromatic amines is 1. The Labute approximate surface area is 201 Å². The van der Waals surface area contributed by atoms with Gasteiger partial charge in [0, 0.05) is 32.4 Å². The summed E-state index contributed by atoms with van der Waals surface area (Å²) in [5.74, 6) is 0.772. The molecule has 2 aromatic heterocycles. The molecule has 0 bridgehead atoms. The average molecular weight is 481 g/mol. The summed E-state index contributed by atoms with van der Waals surface area (Å²) in [6, 6.07) is 7.46. The van der Waals surface area contributed by atoms with Crippen LogP contribution in [0.3, 0.4) is 0 Å². The third-order valence-electron chi connectivity index (χ3n) is 6.56. The molecular formula is C24H28N6O5. The number of carbonyl (C=O) groups is 1. The summed E-state index contributed by atoms with van der Waals surface area (Å²) in [5, 5.41) is 13.5. The van der Waals surface area contributed by atoms with E-state index >= 15 is 0 Å². The second-order valence-electron chi connectivity index (χ2n) is 8.87. The predicted molar refractivity (Wildman–Crippen MR) is 127 cm³/mol. The molecule has 0 aliphatic carbocycles. The van der Waals surface area contributed by atoms with Crippen LogP contribution in [0.4, 0.5) is 0 Å². The van der Waals surface area contributed by atoms with E-state index in [9.17, 15) is 9.59 Å². The van der Waals surface area contributed by atoms with Gasteiger partial charge >= 0.3 is 0 Å². The van der Waals surface area contributed by atoms with E-state index in [0.29, 0.717) is 43.2 Å². The largest absolute Gasteiger partial charge is 0.488 e. The minimum atomic E-state index is -0.586. The van der Waals surface area contributed by atoms with E-state index in [1.165, 1.54) is 6.08 Å². The maximum Gasteiger partial charge on any atom is 0.267 e. The molecule has 0 spiro atoms. The van der Waals surface area contributed by atoms with Crippen LogP contribution in [0, 0.1) is 0 Å². The first kappa shape index (κ1) is 23.2. The lowest BCUT2D eigenvalue weighted by Gasteiger charge is -2.42. The van der Waals surface area contributed by atoms with E-state index in [1.807, 2.05) is 35.9 Å². The molecule has 1 amide bonds. The Morgan fingerprint density at radius 3 is 2.74 bits per heavy atom. The highest BCUT2D eigenvalue weighted by Crippen LogP contribution is 2.28. The average Bonchev–Trinajstić information content (AvgIpc) is 3.30. The lowest BCUT2D eigenvalue weighted by atomic mass is 10.1. The first-order valence-electron chi connectivity index (χ1n) is 11.7. The van der Waals surface area contributed by atoms with Gasteiger partial charge in [0.05, 0.1) is 18.3 Å². The van der Waals surface area contributed by atoms with Gasteiger partial charge in [0.15, 0.2) is 5.65 Å². The number of hydroxylamine groups is 1. The zero-order valence-corrected chi connectivity index (χ0v) is 19.4. The Hall–Kier alpha value is -3.54. The first-order chi connectivity index (χ1) is 17.0. The van der Waals surface area contributed by atoms with Crippen LogP contribution >= 0.6 is 0 Å². The number of aromatic nitrogens is 4. The van der Waals surface area contributed by atoms with Crippen molar-refractivity contribution >= 4 is 23.0 Å². The molecule has 0 radical (unpaired) electrons. The van der Waals surface area contributed by atoms with E-state index in [1.54, 1.807) is 17.8 Å². The predicted octanol–water partition coefficient (Wildman–Crippen LogP) is 1.81. The topological polar surface area (TPSA) is 135 Å². The highest BCUT2D eigenvalue weighted by Gasteiger charge is 2.34. The molecule has 5 rings (SSSR count). The maximum atomic E-state index is 12.7. The summed E-state index contributed by atoms with van der Waals surface area (Å²) < 4.78 is 13.4. The second kappa shape index (κ2) is 9.98. The molecule has 2 saturated heterocycles. The van der Waals surface area contributed by atoms with Crippen LogP contribution in [0.5, 0.6) is 5.75 Å². The summed E-state index contributed by atoms with van der Waals surface area (Å²) >= 11 is 0. The molecule has 2 aliphatic heterocycles. The van der Waals surface area contributed by atoms with Crippen LogP contribution in [0.25, 0.3) is 17.1 Å². The van der Waals surface area contributed by atoms with Crippen molar-refractivity contribution in [2.45, 2.75) is 38.0 Å². The molecule has 2 fully saturated rings. The number of fused-ring (bicyclic) bond motifs is 1. The number of nitrogens with zero attached hydrogens (tertiary/aromatic N) is 4. The number of amides is 1. The summed E-state index contributed by atoms with van der Waals surface area (Å²) in [4.78, 5) is 33.7. The maximum absolute atomic E-state index is 12.7. The van der Waals surface area contributed by atoms with Crippen LogP contribution < -0.4 is 15.8 Å². The van der Waals surface area contributed by atoms with Crippen molar-refractivity contribution in [1.82, 2.24) is 30.1 Å². The molecule has 11 heteroatoms. The Morgan fingerprint density at radius 1 is 1.29 bits per heavy atom. The van der Waals surface area contributed by atoms with Gasteiger partial charge in [-0.1, -0.05) is 12.1 Å². The van der Waals surface area contributed by atoms with E-state index in [2.05, 4.69) is 15.0 Å². The highest BCUT2D eigenvalue weighted by atomic mass is 16.5. The number of nitrogens with one attached hydrogen (secondary N) is 2. The summed E-state index contributed by atoms with van der Waals surface area (Å²) in [6.45, 7) is 4.82. The summed E-state index contributed by atoms with van der Waals surface area (Å²) in [6.07, 6.45) is 6.18. The number of ether oxygens (including phenoxy) is 2. The van der Waals surface area contributed by atoms with Crippen LogP contribution in [-0.2, 0) is 9.53 Å². The monoisotopic (exact) mass is 480 g/mol. The number of H-pyrrole nitrogens is 1. The summed E-state index contributed by atoms with van der Waals surface area (Å²) in [7, 11) is 0. The lowest BCUT2D eigenvalue weighted by Crippen LogP contribution is -2.54. The van der Waals surface area contributed by atoms with Crippen molar-refractivity contribution in [1.29, 1.82) is 0 Å². The van der Waals surface area contributed by atoms with Gasteiger partial charge in [-0.15, -0.1) is 0 Å². The minimum absolute atomic E-state index is 0.0298. The second-order valence-corrected chi connectivity index (χ2v) is 8.87. The Morgan fingerprint density at radius 2 is 2.03 bits per heavy atom. The van der Waals surface area contributed by atoms with Gasteiger partial charge in [-0.25, -0.2) is 15.1 Å². The van der Waals surface area contributed by atoms with Crippen LogP contribution in [-0.4, -0.2) is 68.2 Å². The zero-order chi connectivity index (χ0) is 24.4. The molecule has 2 aliphatic rings. The molecule has 11 nitrogen and oxygen atoms in total. The molecule has 35 heavy (non-hydrogen) atoms. The molecule has 1 aromatic carbocycles. The van der Waals surface area contributed by atoms with Crippen molar-refractivity contribution in [3.05, 3.63) is 58.3 Å². The van der Waals surface area contributed by atoms with Gasteiger partial charge < -0.3 is 14.5 Å². The number of likely N-dealkylation sites (tertiary alicyclic amines) is 1. The van der Waals surface area contributed by atoms with E-state index < -0.39 is 5.91 Å². The molecule has 1 atom stereocenters. The van der Waals surface area contributed by atoms with Crippen molar-refractivity contribution in [2.75, 3.05) is 26.3 Å². The van der Waals surface area contributed by atoms with Crippen LogP contribution in [0.2, 0.25) is 0 Å². The van der Waals surface area contributed by atoms with E-state index in [-0.39, 0.29) is 23.7 Å². The SMILES string of the molecule is CC(c1nc2c(cnn2C2CCOCC2)c(=O)[nH]1)N1CC(Oc2ccc(/C=C/C(=O)NO)cc2)C1. The standard InChI is InChI=1S/C24H28N6O5/c1-15(22-26-23-20(24(32)27-22)12-25-30(23)17-8-10-34-11-9-17)29-13-19(14-29)35-18-5-2-16(3-6-18)4-7-21(31)28-33/h2-7,12,15,17,19,33H,8-11,13-14H2,1H3,(H,28,31)(H,26,27,32)/b7-4+. The Bertz CT molecular complexity index is 1270. The van der Waals surface area contributed by atoms with Gasteiger partial charge in [0.2, 0.25) is 0 Å². The first-order valence-corrected chi connectivity index (χ1v) is 11.7. The highest BCUT2D eigenvalue weighted by molar-refractivity contribution is 5.90. The van der Waals surface area contributed by atoms with Crippen molar-refractivity contribution in [3.63, 3.8) is 0 Å². The molecular weight excluding hydrogens is 452 g/mol. The Kier molecular flexibility index (Phi) is 6.62. The number of hydrogen-bond acceptors (Lipinski definition) is 8. The van der Waals surface area contributed by atoms with Gasteiger partial charge in [-0.2, -0.15) is 5.10 Å². The molecule has 1 unspecified atom stereocenters. The van der Waals surface area contributed by atoms with Gasteiger partial charge in [0.1, 0.15) is 23.1 Å². The third kappa shape index (κ3) is 4.97.